The van der Waals surface area contributed by atoms with Crippen molar-refractivity contribution >= 4 is 17.6 Å². The number of hydrogen-bond acceptors (Lipinski definition) is 5. The van der Waals surface area contributed by atoms with Crippen LogP contribution in [0.15, 0.2) is 42.5 Å². The third-order valence-electron chi connectivity index (χ3n) is 5.43. The molecule has 0 radical (unpaired) electrons. The van der Waals surface area contributed by atoms with E-state index < -0.39 is 5.97 Å². The lowest BCUT2D eigenvalue weighted by Gasteiger charge is -2.35. The van der Waals surface area contributed by atoms with Gasteiger partial charge in [-0.2, -0.15) is 0 Å². The Morgan fingerprint density at radius 3 is 2.42 bits per heavy atom. The van der Waals surface area contributed by atoms with Crippen LogP contribution in [-0.2, 0) is 27.2 Å². The Hall–Kier alpha value is -2.70. The summed E-state index contributed by atoms with van der Waals surface area (Å²) >= 11 is 0. The fraction of sp³-hybridized carbons (Fsp3) is 0.440. The third-order valence-corrected chi connectivity index (χ3v) is 5.43. The first kappa shape index (κ1) is 23.0. The minimum atomic E-state index is -0.504. The zero-order valence-corrected chi connectivity index (χ0v) is 18.8. The molecule has 2 aromatic carbocycles. The van der Waals surface area contributed by atoms with Crippen LogP contribution in [0.4, 0.5) is 5.69 Å². The number of aryl methyl sites for hydroxylation is 2. The molecule has 1 saturated heterocycles. The van der Waals surface area contributed by atoms with Crippen LogP contribution in [0.1, 0.15) is 47.8 Å². The van der Waals surface area contributed by atoms with Crippen LogP contribution in [0.25, 0.3) is 0 Å². The summed E-state index contributed by atoms with van der Waals surface area (Å²) in [5, 5.41) is 2.87. The van der Waals surface area contributed by atoms with E-state index in [0.29, 0.717) is 5.56 Å². The molecule has 1 heterocycles. The van der Waals surface area contributed by atoms with Gasteiger partial charge in [0, 0.05) is 25.3 Å². The van der Waals surface area contributed by atoms with E-state index in [1.807, 2.05) is 44.2 Å². The van der Waals surface area contributed by atoms with E-state index in [0.717, 1.165) is 48.4 Å². The van der Waals surface area contributed by atoms with Crippen molar-refractivity contribution in [1.82, 2.24) is 4.90 Å². The van der Waals surface area contributed by atoms with Gasteiger partial charge in [-0.15, -0.1) is 0 Å². The first-order valence-corrected chi connectivity index (χ1v) is 10.9. The molecule has 6 nitrogen and oxygen atoms in total. The average Bonchev–Trinajstić information content (AvgIpc) is 2.73. The molecule has 2 aromatic rings. The molecule has 1 aliphatic rings. The number of anilines is 1. The molecule has 1 N–H and O–H groups in total. The standard InChI is InChI=1S/C25H32N2O4/c1-5-21-8-6-7-17(2)24(21)26-23(28)16-30-25(29)22-11-9-20(10-12-22)15-27-13-18(3)31-19(4)14-27/h6-12,18-19H,5,13-16H2,1-4H3,(H,26,28). The molecule has 6 heteroatoms. The Morgan fingerprint density at radius 1 is 1.10 bits per heavy atom. The maximum atomic E-state index is 12.3. The fourth-order valence-electron chi connectivity index (χ4n) is 4.01. The van der Waals surface area contributed by atoms with Crippen molar-refractivity contribution in [3.05, 3.63) is 64.7 Å². The normalized spacial score (nSPS) is 19.1. The Balaban J connectivity index is 1.51. The quantitative estimate of drug-likeness (QED) is 0.682. The fourth-order valence-corrected chi connectivity index (χ4v) is 4.01. The van der Waals surface area contributed by atoms with Gasteiger partial charge in [0.15, 0.2) is 6.61 Å². The number of hydrogen-bond donors (Lipinski definition) is 1. The maximum absolute atomic E-state index is 12.3. The number of nitrogens with zero attached hydrogens (tertiary/aromatic N) is 1. The zero-order chi connectivity index (χ0) is 22.4. The topological polar surface area (TPSA) is 67.9 Å². The van der Waals surface area contributed by atoms with E-state index in [1.165, 1.54) is 0 Å². The summed E-state index contributed by atoms with van der Waals surface area (Å²) < 4.78 is 11.0. The lowest BCUT2D eigenvalue weighted by Crippen LogP contribution is -2.44. The molecule has 1 aliphatic heterocycles. The van der Waals surface area contributed by atoms with E-state index in [-0.39, 0.29) is 24.7 Å². The second-order valence-electron chi connectivity index (χ2n) is 8.24. The van der Waals surface area contributed by atoms with Gasteiger partial charge in [0.25, 0.3) is 5.91 Å². The maximum Gasteiger partial charge on any atom is 0.338 e. The van der Waals surface area contributed by atoms with Crippen molar-refractivity contribution in [3.8, 4) is 0 Å². The molecule has 0 bridgehead atoms. The van der Waals surface area contributed by atoms with Crippen molar-refractivity contribution in [1.29, 1.82) is 0 Å². The second-order valence-corrected chi connectivity index (χ2v) is 8.24. The molecule has 0 aliphatic carbocycles. The molecule has 1 fully saturated rings. The predicted molar refractivity (Wildman–Crippen MR) is 121 cm³/mol. The largest absolute Gasteiger partial charge is 0.452 e. The van der Waals surface area contributed by atoms with Crippen LogP contribution >= 0.6 is 0 Å². The zero-order valence-electron chi connectivity index (χ0n) is 18.8. The van der Waals surface area contributed by atoms with Gasteiger partial charge in [-0.05, 0) is 56.0 Å². The van der Waals surface area contributed by atoms with Crippen molar-refractivity contribution in [2.45, 2.75) is 52.9 Å². The molecular formula is C25H32N2O4. The Kier molecular flexibility index (Phi) is 7.82. The molecule has 0 spiro atoms. The number of morpholine rings is 1. The van der Waals surface area contributed by atoms with E-state index in [1.54, 1.807) is 12.1 Å². The molecule has 0 aromatic heterocycles. The summed E-state index contributed by atoms with van der Waals surface area (Å²) in [5.74, 6) is -0.847. The van der Waals surface area contributed by atoms with Gasteiger partial charge in [-0.25, -0.2) is 4.79 Å². The summed E-state index contributed by atoms with van der Waals surface area (Å²) in [5.41, 5.74) is 4.40. The molecule has 2 atom stereocenters. The van der Waals surface area contributed by atoms with E-state index in [9.17, 15) is 9.59 Å². The molecule has 0 saturated carbocycles. The van der Waals surface area contributed by atoms with Gasteiger partial charge in [0.2, 0.25) is 0 Å². The van der Waals surface area contributed by atoms with Crippen LogP contribution in [0.3, 0.4) is 0 Å². The van der Waals surface area contributed by atoms with Gasteiger partial charge in [0.05, 0.1) is 17.8 Å². The highest BCUT2D eigenvalue weighted by molar-refractivity contribution is 5.96. The minimum Gasteiger partial charge on any atom is -0.452 e. The van der Waals surface area contributed by atoms with Crippen LogP contribution in [0, 0.1) is 6.92 Å². The van der Waals surface area contributed by atoms with Gasteiger partial charge in [-0.3, -0.25) is 9.69 Å². The van der Waals surface area contributed by atoms with Crippen molar-refractivity contribution in [2.24, 2.45) is 0 Å². The predicted octanol–water partition coefficient (Wildman–Crippen LogP) is 3.96. The lowest BCUT2D eigenvalue weighted by molar-refractivity contribution is -0.119. The van der Waals surface area contributed by atoms with Crippen molar-refractivity contribution in [3.63, 3.8) is 0 Å². The number of ether oxygens (including phenoxy) is 2. The van der Waals surface area contributed by atoms with Crippen LogP contribution in [0.5, 0.6) is 0 Å². The van der Waals surface area contributed by atoms with Crippen LogP contribution in [0.2, 0.25) is 0 Å². The Morgan fingerprint density at radius 2 is 1.77 bits per heavy atom. The van der Waals surface area contributed by atoms with Crippen LogP contribution in [-0.4, -0.2) is 48.7 Å². The number of amides is 1. The third kappa shape index (κ3) is 6.39. The highest BCUT2D eigenvalue weighted by atomic mass is 16.5. The van der Waals surface area contributed by atoms with Crippen molar-refractivity contribution in [2.75, 3.05) is 25.0 Å². The molecule has 2 unspecified atom stereocenters. The molecule has 1 amide bonds. The SMILES string of the molecule is CCc1cccc(C)c1NC(=O)COC(=O)c1ccc(CN2CC(C)OC(C)C2)cc1. The van der Waals surface area contributed by atoms with E-state index in [4.69, 9.17) is 9.47 Å². The van der Waals surface area contributed by atoms with Gasteiger partial charge in [0.1, 0.15) is 0 Å². The molecule has 166 valence electrons. The molecule has 3 rings (SSSR count). The Bertz CT molecular complexity index is 900. The summed E-state index contributed by atoms with van der Waals surface area (Å²) in [6, 6.07) is 13.3. The molecular weight excluding hydrogens is 392 g/mol. The highest BCUT2D eigenvalue weighted by Crippen LogP contribution is 2.21. The van der Waals surface area contributed by atoms with E-state index in [2.05, 4.69) is 24.1 Å². The minimum absolute atomic E-state index is 0.220. The first-order chi connectivity index (χ1) is 14.9. The summed E-state index contributed by atoms with van der Waals surface area (Å²) in [7, 11) is 0. The van der Waals surface area contributed by atoms with E-state index >= 15 is 0 Å². The number of nitrogens with one attached hydrogen (secondary N) is 1. The highest BCUT2D eigenvalue weighted by Gasteiger charge is 2.22. The first-order valence-electron chi connectivity index (χ1n) is 10.9. The second kappa shape index (κ2) is 10.6. The lowest BCUT2D eigenvalue weighted by atomic mass is 10.1. The number of benzene rings is 2. The number of para-hydroxylation sites is 1. The molecule has 31 heavy (non-hydrogen) atoms. The number of rotatable bonds is 7. The van der Waals surface area contributed by atoms with Gasteiger partial charge < -0.3 is 14.8 Å². The smallest absolute Gasteiger partial charge is 0.338 e. The number of carbonyl (C=O) groups is 2. The average molecular weight is 425 g/mol. The number of carbonyl (C=O) groups excluding carboxylic acids is 2. The van der Waals surface area contributed by atoms with Gasteiger partial charge in [-0.1, -0.05) is 37.3 Å². The van der Waals surface area contributed by atoms with Gasteiger partial charge >= 0.3 is 5.97 Å². The summed E-state index contributed by atoms with van der Waals surface area (Å²) in [6.45, 7) is 10.4. The monoisotopic (exact) mass is 424 g/mol. The number of esters is 1. The summed E-state index contributed by atoms with van der Waals surface area (Å²) in [4.78, 5) is 27.0. The Labute approximate surface area is 184 Å². The van der Waals surface area contributed by atoms with Crippen LogP contribution < -0.4 is 5.32 Å². The summed E-state index contributed by atoms with van der Waals surface area (Å²) in [6.07, 6.45) is 1.25. The van der Waals surface area contributed by atoms with Crippen molar-refractivity contribution < 1.29 is 19.1 Å².